The van der Waals surface area contributed by atoms with Gasteiger partial charge in [-0.15, -0.1) is 0 Å². The summed E-state index contributed by atoms with van der Waals surface area (Å²) in [5, 5.41) is 0.796. The molecule has 0 aliphatic carbocycles. The summed E-state index contributed by atoms with van der Waals surface area (Å²) in [7, 11) is -1.07. The average molecular weight is 211 g/mol. The molecule has 70 valence electrons. The molecule has 0 bridgehead atoms. The molecule has 0 N–H and O–H groups in total. The lowest BCUT2D eigenvalue weighted by atomic mass is 10.2. The van der Waals surface area contributed by atoms with Gasteiger partial charge < -0.3 is 0 Å². The molecule has 1 rings (SSSR count). The summed E-state index contributed by atoms with van der Waals surface area (Å²) in [6.07, 6.45) is 2.18. The second-order valence-corrected chi connectivity index (χ2v) is 9.75. The van der Waals surface area contributed by atoms with E-state index in [2.05, 4.69) is 31.4 Å². The summed E-state index contributed by atoms with van der Waals surface area (Å²) >= 11 is 5.79. The smallest absolute Gasteiger partial charge is 0.0687 e. The Hall–Kier alpha value is -0.533. The Morgan fingerprint density at radius 2 is 1.62 bits per heavy atom. The molecule has 0 radical (unpaired) electrons. The molecule has 0 heterocycles. The van der Waals surface area contributed by atoms with Crippen LogP contribution in [-0.4, -0.2) is 8.07 Å². The van der Waals surface area contributed by atoms with Crippen molar-refractivity contribution in [3.05, 3.63) is 40.6 Å². The zero-order chi connectivity index (χ0) is 9.90. The summed E-state index contributed by atoms with van der Waals surface area (Å²) < 4.78 is 0. The van der Waals surface area contributed by atoms with Gasteiger partial charge in [-0.25, -0.2) is 0 Å². The molecule has 0 aromatic heterocycles. The zero-order valence-electron chi connectivity index (χ0n) is 8.34. The standard InChI is InChI=1S/C11H15ClSi/c1-13(2,3)9-8-10-4-6-11(12)7-5-10/h4-9H,1-3H3/b9-8+. The summed E-state index contributed by atoms with van der Waals surface area (Å²) in [5.74, 6) is 0. The number of hydrogen-bond donors (Lipinski definition) is 0. The summed E-state index contributed by atoms with van der Waals surface area (Å²) in [5.41, 5.74) is 3.56. The van der Waals surface area contributed by atoms with Crippen LogP contribution in [0.3, 0.4) is 0 Å². The molecule has 0 saturated carbocycles. The lowest BCUT2D eigenvalue weighted by molar-refractivity contribution is 1.65. The minimum atomic E-state index is -1.07. The molecule has 13 heavy (non-hydrogen) atoms. The first-order valence-corrected chi connectivity index (χ1v) is 8.38. The molecule has 1 aromatic rings. The van der Waals surface area contributed by atoms with Crippen molar-refractivity contribution in [3.63, 3.8) is 0 Å². The second kappa shape index (κ2) is 4.12. The number of benzene rings is 1. The maximum atomic E-state index is 5.79. The Kier molecular flexibility index (Phi) is 3.34. The van der Waals surface area contributed by atoms with Crippen molar-refractivity contribution in [2.24, 2.45) is 0 Å². The molecule has 0 aliphatic heterocycles. The predicted molar refractivity (Wildman–Crippen MR) is 63.8 cm³/mol. The number of rotatable bonds is 2. The largest absolute Gasteiger partial charge is 0.0944 e. The van der Waals surface area contributed by atoms with Crippen molar-refractivity contribution >= 4 is 25.8 Å². The van der Waals surface area contributed by atoms with Gasteiger partial charge in [-0.05, 0) is 17.7 Å². The van der Waals surface area contributed by atoms with Crippen LogP contribution in [0.4, 0.5) is 0 Å². The highest BCUT2D eigenvalue weighted by atomic mass is 35.5. The Bertz CT molecular complexity index is 293. The quantitative estimate of drug-likeness (QED) is 0.641. The van der Waals surface area contributed by atoms with E-state index in [-0.39, 0.29) is 0 Å². The van der Waals surface area contributed by atoms with Crippen molar-refractivity contribution in [1.29, 1.82) is 0 Å². The molecule has 2 heteroatoms. The molecule has 0 unspecified atom stereocenters. The van der Waals surface area contributed by atoms with Gasteiger partial charge in [-0.2, -0.15) is 0 Å². The van der Waals surface area contributed by atoms with Crippen LogP contribution in [0.2, 0.25) is 24.7 Å². The Labute approximate surface area is 86.3 Å². The summed E-state index contributed by atoms with van der Waals surface area (Å²) in [6.45, 7) is 6.96. The van der Waals surface area contributed by atoms with Crippen LogP contribution in [-0.2, 0) is 0 Å². The highest BCUT2D eigenvalue weighted by Crippen LogP contribution is 2.12. The Balaban J connectivity index is 2.75. The van der Waals surface area contributed by atoms with Crippen molar-refractivity contribution in [3.8, 4) is 0 Å². The third-order valence-electron chi connectivity index (χ3n) is 1.65. The lowest BCUT2D eigenvalue weighted by Gasteiger charge is -2.07. The van der Waals surface area contributed by atoms with Gasteiger partial charge in [0, 0.05) is 5.02 Å². The highest BCUT2D eigenvalue weighted by molar-refractivity contribution is 6.81. The van der Waals surface area contributed by atoms with E-state index < -0.39 is 8.07 Å². The van der Waals surface area contributed by atoms with Gasteiger partial charge in [0.2, 0.25) is 0 Å². The van der Waals surface area contributed by atoms with Crippen LogP contribution in [0, 0.1) is 0 Å². The first-order chi connectivity index (χ1) is 5.97. The van der Waals surface area contributed by atoms with Gasteiger partial charge in [0.05, 0.1) is 8.07 Å². The molecule has 0 atom stereocenters. The van der Waals surface area contributed by atoms with Crippen LogP contribution in [0.5, 0.6) is 0 Å². The molecule has 0 aliphatic rings. The summed E-state index contributed by atoms with van der Waals surface area (Å²) in [6, 6.07) is 7.93. The third-order valence-corrected chi connectivity index (χ3v) is 3.06. The average Bonchev–Trinajstić information content (AvgIpc) is 2.02. The summed E-state index contributed by atoms with van der Waals surface area (Å²) in [4.78, 5) is 0. The molecule has 1 aromatic carbocycles. The van der Waals surface area contributed by atoms with E-state index in [9.17, 15) is 0 Å². The minimum Gasteiger partial charge on any atom is -0.0944 e. The van der Waals surface area contributed by atoms with E-state index in [0.717, 1.165) is 5.02 Å². The van der Waals surface area contributed by atoms with Crippen molar-refractivity contribution in [1.82, 2.24) is 0 Å². The second-order valence-electron chi connectivity index (χ2n) is 4.25. The first kappa shape index (κ1) is 10.5. The molecular formula is C11H15ClSi. The maximum Gasteiger partial charge on any atom is 0.0687 e. The van der Waals surface area contributed by atoms with E-state index in [1.54, 1.807) is 0 Å². The van der Waals surface area contributed by atoms with E-state index in [4.69, 9.17) is 11.6 Å². The monoisotopic (exact) mass is 210 g/mol. The SMILES string of the molecule is C[Si](C)(C)/C=C/c1ccc(Cl)cc1. The molecule has 0 saturated heterocycles. The van der Waals surface area contributed by atoms with Crippen LogP contribution in [0.15, 0.2) is 30.0 Å². The van der Waals surface area contributed by atoms with Gasteiger partial charge >= 0.3 is 0 Å². The van der Waals surface area contributed by atoms with Crippen LogP contribution in [0.1, 0.15) is 5.56 Å². The van der Waals surface area contributed by atoms with Gasteiger partial charge in [-0.1, -0.05) is 55.2 Å². The normalized spacial score (nSPS) is 12.3. The highest BCUT2D eigenvalue weighted by Gasteiger charge is 2.06. The van der Waals surface area contributed by atoms with Crippen LogP contribution >= 0.6 is 11.6 Å². The lowest BCUT2D eigenvalue weighted by Crippen LogP contribution is -2.15. The van der Waals surface area contributed by atoms with Gasteiger partial charge in [0.25, 0.3) is 0 Å². The van der Waals surface area contributed by atoms with Gasteiger partial charge in [0.1, 0.15) is 0 Å². The van der Waals surface area contributed by atoms with Crippen molar-refractivity contribution in [2.75, 3.05) is 0 Å². The van der Waals surface area contributed by atoms with Gasteiger partial charge in [-0.3, -0.25) is 0 Å². The maximum absolute atomic E-state index is 5.79. The number of hydrogen-bond acceptors (Lipinski definition) is 0. The van der Waals surface area contributed by atoms with E-state index in [1.165, 1.54) is 5.56 Å². The molecular weight excluding hydrogens is 196 g/mol. The zero-order valence-corrected chi connectivity index (χ0v) is 10.1. The number of halogens is 1. The minimum absolute atomic E-state index is 0.796. The molecule has 0 spiro atoms. The fourth-order valence-electron chi connectivity index (χ4n) is 0.920. The van der Waals surface area contributed by atoms with Crippen molar-refractivity contribution in [2.45, 2.75) is 19.6 Å². The van der Waals surface area contributed by atoms with Crippen LogP contribution in [0.25, 0.3) is 6.08 Å². The Morgan fingerprint density at radius 3 is 2.08 bits per heavy atom. The first-order valence-electron chi connectivity index (χ1n) is 4.42. The fraction of sp³-hybridized carbons (Fsp3) is 0.273. The van der Waals surface area contributed by atoms with Crippen LogP contribution < -0.4 is 0 Å². The topological polar surface area (TPSA) is 0 Å². The molecule has 0 amide bonds. The van der Waals surface area contributed by atoms with E-state index in [1.807, 2.05) is 24.3 Å². The Morgan fingerprint density at radius 1 is 1.08 bits per heavy atom. The van der Waals surface area contributed by atoms with Gasteiger partial charge in [0.15, 0.2) is 0 Å². The molecule has 0 fully saturated rings. The van der Waals surface area contributed by atoms with Crippen molar-refractivity contribution < 1.29 is 0 Å². The third kappa shape index (κ3) is 4.30. The predicted octanol–water partition coefficient (Wildman–Crippen LogP) is 4.23. The van der Waals surface area contributed by atoms with E-state index in [0.29, 0.717) is 0 Å². The molecule has 0 nitrogen and oxygen atoms in total. The fourth-order valence-corrected chi connectivity index (χ4v) is 1.74. The van der Waals surface area contributed by atoms with E-state index >= 15 is 0 Å².